The van der Waals surface area contributed by atoms with Gasteiger partial charge in [0.05, 0.1) is 0 Å². The maximum Gasteiger partial charge on any atom is 0.0485 e. The molecule has 0 aliphatic rings. The normalized spacial score (nSPS) is 10.0. The van der Waals surface area contributed by atoms with Crippen molar-refractivity contribution in [3.05, 3.63) is 21.9 Å². The van der Waals surface area contributed by atoms with Crippen LogP contribution in [0.1, 0.15) is 17.4 Å². The standard InChI is InChI=1S/C7H8ClS/c1-2-7-6(5-8)3-4-9-7/h3H,2,5H2,1H3. The van der Waals surface area contributed by atoms with Gasteiger partial charge in [0.2, 0.25) is 0 Å². The van der Waals surface area contributed by atoms with E-state index in [1.807, 2.05) is 6.07 Å². The van der Waals surface area contributed by atoms with E-state index in [4.69, 9.17) is 11.6 Å². The van der Waals surface area contributed by atoms with E-state index in [9.17, 15) is 0 Å². The molecule has 1 aromatic heterocycles. The average Bonchev–Trinajstić information content (AvgIpc) is 2.33. The smallest absolute Gasteiger partial charge is 0.0485 e. The maximum absolute atomic E-state index is 5.64. The van der Waals surface area contributed by atoms with Crippen LogP contribution in [0.25, 0.3) is 0 Å². The first-order chi connectivity index (χ1) is 4.38. The fraction of sp³-hybridized carbons (Fsp3) is 0.429. The van der Waals surface area contributed by atoms with Crippen LogP contribution in [0.15, 0.2) is 6.07 Å². The Morgan fingerprint density at radius 2 is 2.56 bits per heavy atom. The molecule has 2 heteroatoms. The Bertz CT molecular complexity index is 162. The molecule has 0 N–H and O–H groups in total. The van der Waals surface area contributed by atoms with Crippen LogP contribution < -0.4 is 0 Å². The molecule has 0 aliphatic heterocycles. The number of alkyl halides is 1. The van der Waals surface area contributed by atoms with E-state index in [1.165, 1.54) is 10.4 Å². The van der Waals surface area contributed by atoms with Gasteiger partial charge in [0.1, 0.15) is 0 Å². The number of thiophene rings is 1. The van der Waals surface area contributed by atoms with Gasteiger partial charge >= 0.3 is 0 Å². The van der Waals surface area contributed by atoms with Crippen molar-refractivity contribution < 1.29 is 0 Å². The highest BCUT2D eigenvalue weighted by molar-refractivity contribution is 7.09. The van der Waals surface area contributed by atoms with Crippen LogP contribution in [0.2, 0.25) is 0 Å². The molecule has 1 radical (unpaired) electrons. The van der Waals surface area contributed by atoms with Crippen LogP contribution in [-0.2, 0) is 12.3 Å². The molecule has 0 saturated carbocycles. The zero-order chi connectivity index (χ0) is 6.69. The molecule has 0 aliphatic carbocycles. The SMILES string of the molecule is CCc1s[c]cc1CCl. The third-order valence-electron chi connectivity index (χ3n) is 1.24. The summed E-state index contributed by atoms with van der Waals surface area (Å²) in [5.41, 5.74) is 1.24. The molecule has 9 heavy (non-hydrogen) atoms. The lowest BCUT2D eigenvalue weighted by Gasteiger charge is -1.91. The van der Waals surface area contributed by atoms with Gasteiger partial charge in [0, 0.05) is 16.1 Å². The largest absolute Gasteiger partial charge is 0.139 e. The number of rotatable bonds is 2. The quantitative estimate of drug-likeness (QED) is 0.583. The van der Waals surface area contributed by atoms with Crippen LogP contribution in [0, 0.1) is 5.38 Å². The zero-order valence-electron chi connectivity index (χ0n) is 5.28. The van der Waals surface area contributed by atoms with Crippen LogP contribution in [0.4, 0.5) is 0 Å². The van der Waals surface area contributed by atoms with Crippen LogP contribution in [0.5, 0.6) is 0 Å². The lowest BCUT2D eigenvalue weighted by atomic mass is 10.2. The highest BCUT2D eigenvalue weighted by Gasteiger charge is 1.98. The molecule has 1 heterocycles. The Morgan fingerprint density at radius 1 is 1.78 bits per heavy atom. The minimum absolute atomic E-state index is 0.628. The van der Waals surface area contributed by atoms with Gasteiger partial charge in [-0.05, 0) is 18.1 Å². The van der Waals surface area contributed by atoms with Gasteiger partial charge in [0.15, 0.2) is 0 Å². The Kier molecular flexibility index (Phi) is 2.55. The Morgan fingerprint density at radius 3 is 3.00 bits per heavy atom. The number of hydrogen-bond acceptors (Lipinski definition) is 1. The topological polar surface area (TPSA) is 0 Å². The van der Waals surface area contributed by atoms with Crippen molar-refractivity contribution in [3.8, 4) is 0 Å². The number of hydrogen-bond donors (Lipinski definition) is 0. The van der Waals surface area contributed by atoms with Crippen molar-refractivity contribution in [1.82, 2.24) is 0 Å². The highest BCUT2D eigenvalue weighted by atomic mass is 35.5. The number of halogens is 1. The van der Waals surface area contributed by atoms with Crippen LogP contribution in [0.3, 0.4) is 0 Å². The molecule has 0 saturated heterocycles. The third kappa shape index (κ3) is 1.46. The molecule has 0 fully saturated rings. The first-order valence-corrected chi connectivity index (χ1v) is 4.27. The fourth-order valence-electron chi connectivity index (χ4n) is 0.730. The van der Waals surface area contributed by atoms with E-state index < -0.39 is 0 Å². The molecule has 1 rings (SSSR count). The van der Waals surface area contributed by atoms with Gasteiger partial charge in [-0.1, -0.05) is 6.92 Å². The van der Waals surface area contributed by atoms with E-state index in [0.717, 1.165) is 6.42 Å². The van der Waals surface area contributed by atoms with Crippen molar-refractivity contribution in [2.24, 2.45) is 0 Å². The molecule has 0 nitrogen and oxygen atoms in total. The maximum atomic E-state index is 5.64. The summed E-state index contributed by atoms with van der Waals surface area (Å²) < 4.78 is 0. The van der Waals surface area contributed by atoms with E-state index in [0.29, 0.717) is 5.88 Å². The van der Waals surface area contributed by atoms with Gasteiger partial charge in [-0.3, -0.25) is 0 Å². The third-order valence-corrected chi connectivity index (χ3v) is 2.56. The molecule has 0 amide bonds. The highest BCUT2D eigenvalue weighted by Crippen LogP contribution is 2.17. The van der Waals surface area contributed by atoms with Crippen LogP contribution in [-0.4, -0.2) is 0 Å². The van der Waals surface area contributed by atoms with Gasteiger partial charge in [-0.25, -0.2) is 0 Å². The summed E-state index contributed by atoms with van der Waals surface area (Å²) in [4.78, 5) is 1.37. The first kappa shape index (κ1) is 7.10. The fourth-order valence-corrected chi connectivity index (χ4v) is 1.80. The first-order valence-electron chi connectivity index (χ1n) is 2.92. The second-order valence-electron chi connectivity index (χ2n) is 1.80. The lowest BCUT2D eigenvalue weighted by Crippen LogP contribution is -1.78. The molecule has 49 valence electrons. The van der Waals surface area contributed by atoms with Gasteiger partial charge in [0.25, 0.3) is 0 Å². The summed E-state index contributed by atoms with van der Waals surface area (Å²) >= 11 is 7.30. The van der Waals surface area contributed by atoms with Crippen molar-refractivity contribution in [2.45, 2.75) is 19.2 Å². The van der Waals surface area contributed by atoms with Gasteiger partial charge < -0.3 is 0 Å². The molecule has 0 bridgehead atoms. The molecule has 0 aromatic carbocycles. The van der Waals surface area contributed by atoms with E-state index in [-0.39, 0.29) is 0 Å². The van der Waals surface area contributed by atoms with Gasteiger partial charge in [-0.15, -0.1) is 22.9 Å². The lowest BCUT2D eigenvalue weighted by molar-refractivity contribution is 1.15. The summed E-state index contributed by atoms with van der Waals surface area (Å²) in [5, 5.41) is 3.06. The Balaban J connectivity index is 2.85. The van der Waals surface area contributed by atoms with Crippen molar-refractivity contribution >= 4 is 22.9 Å². The summed E-state index contributed by atoms with van der Waals surface area (Å²) in [7, 11) is 0. The molecular weight excluding hydrogens is 152 g/mol. The Labute approximate surface area is 64.5 Å². The Hall–Kier alpha value is -0.0100. The predicted octanol–water partition coefficient (Wildman–Crippen LogP) is 2.85. The molecule has 1 aromatic rings. The molecule has 0 atom stereocenters. The summed E-state index contributed by atoms with van der Waals surface area (Å²) in [6.07, 6.45) is 1.08. The monoisotopic (exact) mass is 159 g/mol. The molecular formula is C7H8ClS. The van der Waals surface area contributed by atoms with E-state index in [1.54, 1.807) is 11.3 Å². The molecule has 0 spiro atoms. The average molecular weight is 160 g/mol. The molecule has 0 unspecified atom stereocenters. The summed E-state index contributed by atoms with van der Waals surface area (Å²) in [5.74, 6) is 0.628. The van der Waals surface area contributed by atoms with Crippen molar-refractivity contribution in [2.75, 3.05) is 0 Å². The summed E-state index contributed by atoms with van der Waals surface area (Å²) in [6.45, 7) is 2.13. The van der Waals surface area contributed by atoms with E-state index >= 15 is 0 Å². The minimum Gasteiger partial charge on any atom is -0.139 e. The summed E-state index contributed by atoms with van der Waals surface area (Å²) in [6, 6.07) is 1.97. The van der Waals surface area contributed by atoms with Crippen molar-refractivity contribution in [1.29, 1.82) is 0 Å². The minimum atomic E-state index is 0.628. The predicted molar refractivity (Wildman–Crippen MR) is 42.1 cm³/mol. The van der Waals surface area contributed by atoms with E-state index in [2.05, 4.69) is 12.3 Å². The van der Waals surface area contributed by atoms with Crippen LogP contribution >= 0.6 is 22.9 Å². The number of aryl methyl sites for hydroxylation is 1. The second-order valence-corrected chi connectivity index (χ2v) is 3.00. The van der Waals surface area contributed by atoms with Crippen molar-refractivity contribution in [3.63, 3.8) is 0 Å². The van der Waals surface area contributed by atoms with Gasteiger partial charge in [-0.2, -0.15) is 0 Å². The zero-order valence-corrected chi connectivity index (χ0v) is 6.85. The second kappa shape index (κ2) is 3.23.